The van der Waals surface area contributed by atoms with Crippen LogP contribution in [-0.4, -0.2) is 47.4 Å². The van der Waals surface area contributed by atoms with Gasteiger partial charge in [-0.1, -0.05) is 49.6 Å². The van der Waals surface area contributed by atoms with Crippen molar-refractivity contribution in [3.63, 3.8) is 0 Å². The Morgan fingerprint density at radius 3 is 2.33 bits per heavy atom. The van der Waals surface area contributed by atoms with Gasteiger partial charge in [0.2, 0.25) is 5.91 Å². The molecule has 0 aromatic heterocycles. The lowest BCUT2D eigenvalue weighted by molar-refractivity contribution is -0.137. The molecular formula is C22H33N3O2. The molecule has 0 unspecified atom stereocenters. The maximum atomic E-state index is 12.9. The average Bonchev–Trinajstić information content (AvgIpc) is 2.73. The standard InChI is InChI=1S/C22H33N3O2/c1-2-24(17-18-9-5-3-6-10-18)21(26)19-13-15-25(16-14-19)22(27)23-20-11-7-4-8-12-20/h3,5-6,9-10,19-20H,2,4,7-8,11-17H2,1H3,(H,23,27). The number of nitrogens with zero attached hydrogens (tertiary/aromatic N) is 2. The summed E-state index contributed by atoms with van der Waals surface area (Å²) in [5.41, 5.74) is 1.16. The first-order valence-electron chi connectivity index (χ1n) is 10.6. The van der Waals surface area contributed by atoms with Crippen molar-refractivity contribution in [2.45, 2.75) is 64.5 Å². The van der Waals surface area contributed by atoms with Crippen LogP contribution in [-0.2, 0) is 11.3 Å². The predicted octanol–water partition coefficient (Wildman–Crippen LogP) is 3.79. The quantitative estimate of drug-likeness (QED) is 0.856. The van der Waals surface area contributed by atoms with Crippen molar-refractivity contribution >= 4 is 11.9 Å². The van der Waals surface area contributed by atoms with Gasteiger partial charge in [0.15, 0.2) is 0 Å². The molecule has 5 nitrogen and oxygen atoms in total. The summed E-state index contributed by atoms with van der Waals surface area (Å²) >= 11 is 0. The first kappa shape index (κ1) is 19.7. The van der Waals surface area contributed by atoms with E-state index in [0.29, 0.717) is 25.7 Å². The summed E-state index contributed by atoms with van der Waals surface area (Å²) in [5, 5.41) is 3.19. The van der Waals surface area contributed by atoms with E-state index in [-0.39, 0.29) is 17.9 Å². The molecule has 0 atom stereocenters. The number of hydrogen-bond acceptors (Lipinski definition) is 2. The molecule has 1 aliphatic carbocycles. The first-order chi connectivity index (χ1) is 13.2. The van der Waals surface area contributed by atoms with Gasteiger partial charge in [0.25, 0.3) is 0 Å². The molecule has 1 aromatic rings. The molecule has 1 saturated heterocycles. The Morgan fingerprint density at radius 2 is 1.70 bits per heavy atom. The number of amides is 3. The van der Waals surface area contributed by atoms with Crippen molar-refractivity contribution in [1.82, 2.24) is 15.1 Å². The summed E-state index contributed by atoms with van der Waals surface area (Å²) in [7, 11) is 0. The van der Waals surface area contributed by atoms with E-state index in [1.54, 1.807) is 0 Å². The monoisotopic (exact) mass is 371 g/mol. The molecule has 0 radical (unpaired) electrons. The van der Waals surface area contributed by atoms with Gasteiger partial charge in [-0.25, -0.2) is 4.79 Å². The summed E-state index contributed by atoms with van der Waals surface area (Å²) in [5.74, 6) is 0.265. The molecular weight excluding hydrogens is 338 g/mol. The van der Waals surface area contributed by atoms with Crippen LogP contribution < -0.4 is 5.32 Å². The van der Waals surface area contributed by atoms with Gasteiger partial charge in [-0.05, 0) is 38.2 Å². The Morgan fingerprint density at radius 1 is 1.04 bits per heavy atom. The van der Waals surface area contributed by atoms with E-state index in [9.17, 15) is 9.59 Å². The van der Waals surface area contributed by atoms with Crippen LogP contribution in [0.3, 0.4) is 0 Å². The average molecular weight is 372 g/mol. The normalized spacial score (nSPS) is 18.9. The number of benzene rings is 1. The molecule has 1 N–H and O–H groups in total. The third kappa shape index (κ3) is 5.47. The van der Waals surface area contributed by atoms with Crippen molar-refractivity contribution in [3.8, 4) is 0 Å². The highest BCUT2D eigenvalue weighted by Gasteiger charge is 2.30. The lowest BCUT2D eigenvalue weighted by Crippen LogP contribution is -2.50. The van der Waals surface area contributed by atoms with Gasteiger partial charge in [-0.3, -0.25) is 4.79 Å². The summed E-state index contributed by atoms with van der Waals surface area (Å²) in [6.07, 6.45) is 7.46. The molecule has 27 heavy (non-hydrogen) atoms. The maximum Gasteiger partial charge on any atom is 0.317 e. The fourth-order valence-electron chi connectivity index (χ4n) is 4.25. The minimum Gasteiger partial charge on any atom is -0.338 e. The van der Waals surface area contributed by atoms with Crippen LogP contribution in [0.5, 0.6) is 0 Å². The number of urea groups is 1. The van der Waals surface area contributed by atoms with Gasteiger partial charge in [-0.2, -0.15) is 0 Å². The van der Waals surface area contributed by atoms with Gasteiger partial charge in [0, 0.05) is 38.1 Å². The minimum absolute atomic E-state index is 0.0346. The van der Waals surface area contributed by atoms with Crippen LogP contribution >= 0.6 is 0 Å². The zero-order valence-corrected chi connectivity index (χ0v) is 16.5. The van der Waals surface area contributed by atoms with E-state index in [2.05, 4.69) is 17.4 Å². The van der Waals surface area contributed by atoms with Crippen LogP contribution in [0, 0.1) is 5.92 Å². The van der Waals surface area contributed by atoms with Gasteiger partial charge in [0.05, 0.1) is 0 Å². The molecule has 0 bridgehead atoms. The van der Waals surface area contributed by atoms with Crippen LogP contribution in [0.25, 0.3) is 0 Å². The van der Waals surface area contributed by atoms with Gasteiger partial charge in [-0.15, -0.1) is 0 Å². The lowest BCUT2D eigenvalue weighted by Gasteiger charge is -2.35. The van der Waals surface area contributed by atoms with Crippen molar-refractivity contribution < 1.29 is 9.59 Å². The van der Waals surface area contributed by atoms with E-state index in [1.165, 1.54) is 19.3 Å². The van der Waals surface area contributed by atoms with E-state index in [0.717, 1.165) is 37.8 Å². The topological polar surface area (TPSA) is 52.7 Å². The zero-order valence-electron chi connectivity index (χ0n) is 16.5. The molecule has 3 amide bonds. The molecule has 1 heterocycles. The molecule has 2 fully saturated rings. The van der Waals surface area contributed by atoms with E-state index >= 15 is 0 Å². The largest absolute Gasteiger partial charge is 0.338 e. The summed E-state index contributed by atoms with van der Waals surface area (Å²) in [6, 6.07) is 10.5. The number of hydrogen-bond donors (Lipinski definition) is 1. The Balaban J connectivity index is 1.47. The summed E-state index contributed by atoms with van der Waals surface area (Å²) < 4.78 is 0. The van der Waals surface area contributed by atoms with Crippen molar-refractivity contribution in [1.29, 1.82) is 0 Å². The Hall–Kier alpha value is -2.04. The molecule has 1 aliphatic heterocycles. The van der Waals surface area contributed by atoms with Crippen LogP contribution in [0.4, 0.5) is 4.79 Å². The van der Waals surface area contributed by atoms with Gasteiger partial charge >= 0.3 is 6.03 Å². The van der Waals surface area contributed by atoms with Crippen LogP contribution in [0.15, 0.2) is 30.3 Å². The molecule has 148 valence electrons. The highest BCUT2D eigenvalue weighted by molar-refractivity contribution is 5.80. The number of likely N-dealkylation sites (tertiary alicyclic amines) is 1. The fraction of sp³-hybridized carbons (Fsp3) is 0.636. The van der Waals surface area contributed by atoms with E-state index < -0.39 is 0 Å². The summed E-state index contributed by atoms with van der Waals surface area (Å²) in [4.78, 5) is 29.3. The van der Waals surface area contributed by atoms with Crippen molar-refractivity contribution in [2.24, 2.45) is 5.92 Å². The third-order valence-electron chi connectivity index (χ3n) is 5.97. The second kappa shape index (κ2) is 9.77. The smallest absolute Gasteiger partial charge is 0.317 e. The summed E-state index contributed by atoms with van der Waals surface area (Å²) in [6.45, 7) is 4.78. The Bertz CT molecular complexity index is 605. The molecule has 5 heteroatoms. The van der Waals surface area contributed by atoms with Gasteiger partial charge in [0.1, 0.15) is 0 Å². The van der Waals surface area contributed by atoms with E-state index in [1.807, 2.05) is 34.9 Å². The molecule has 1 saturated carbocycles. The number of carbonyl (C=O) groups is 2. The zero-order chi connectivity index (χ0) is 19.1. The molecule has 1 aromatic carbocycles. The minimum atomic E-state index is 0.0346. The number of carbonyl (C=O) groups excluding carboxylic acids is 2. The fourth-order valence-corrected chi connectivity index (χ4v) is 4.25. The second-order valence-electron chi connectivity index (χ2n) is 7.88. The number of rotatable bonds is 5. The van der Waals surface area contributed by atoms with Gasteiger partial charge < -0.3 is 15.1 Å². The first-order valence-corrected chi connectivity index (χ1v) is 10.6. The number of nitrogens with one attached hydrogen (secondary N) is 1. The molecule has 3 rings (SSSR count). The van der Waals surface area contributed by atoms with Crippen LogP contribution in [0.1, 0.15) is 57.4 Å². The second-order valence-corrected chi connectivity index (χ2v) is 7.88. The highest BCUT2D eigenvalue weighted by atomic mass is 16.2. The Kier molecular flexibility index (Phi) is 7.13. The van der Waals surface area contributed by atoms with E-state index in [4.69, 9.17) is 0 Å². The number of piperidine rings is 1. The van der Waals surface area contributed by atoms with Crippen LogP contribution in [0.2, 0.25) is 0 Å². The maximum absolute atomic E-state index is 12.9. The van der Waals surface area contributed by atoms with Crippen molar-refractivity contribution in [3.05, 3.63) is 35.9 Å². The molecule has 0 spiro atoms. The Labute approximate surface area is 163 Å². The van der Waals surface area contributed by atoms with Crippen molar-refractivity contribution in [2.75, 3.05) is 19.6 Å². The lowest BCUT2D eigenvalue weighted by atomic mass is 9.94. The molecule has 2 aliphatic rings. The SMILES string of the molecule is CCN(Cc1ccccc1)C(=O)C1CCN(C(=O)NC2CCCCC2)CC1. The predicted molar refractivity (Wildman–Crippen MR) is 107 cm³/mol. The highest BCUT2D eigenvalue weighted by Crippen LogP contribution is 2.22. The third-order valence-corrected chi connectivity index (χ3v) is 5.97.